The molecule has 0 saturated heterocycles. The molecule has 0 saturated carbocycles. The fourth-order valence-corrected chi connectivity index (χ4v) is 3.07. The Morgan fingerprint density at radius 3 is 2.00 bits per heavy atom. The van der Waals surface area contributed by atoms with Gasteiger partial charge in [0, 0.05) is 5.25 Å². The van der Waals surface area contributed by atoms with Crippen molar-refractivity contribution in [3.8, 4) is 0 Å². The van der Waals surface area contributed by atoms with Crippen LogP contribution in [0.25, 0.3) is 0 Å². The van der Waals surface area contributed by atoms with Crippen molar-refractivity contribution < 1.29 is 47.6 Å². The molecular weight excluding hydrogens is 287 g/mol. The smallest absolute Gasteiger partial charge is 0.748 e. The third kappa shape index (κ3) is 12.6. The molecule has 20 heavy (non-hydrogen) atoms. The van der Waals surface area contributed by atoms with Crippen LogP contribution in [0.15, 0.2) is 0 Å². The van der Waals surface area contributed by atoms with Crippen molar-refractivity contribution in [3.05, 3.63) is 0 Å². The van der Waals surface area contributed by atoms with Gasteiger partial charge < -0.3 is 9.66 Å². The van der Waals surface area contributed by atoms with Crippen molar-refractivity contribution in [2.45, 2.75) is 89.4 Å². The molecular formula is C14H29NaO4S. The zero-order valence-corrected chi connectivity index (χ0v) is 16.1. The molecule has 0 aromatic carbocycles. The van der Waals surface area contributed by atoms with Gasteiger partial charge in [0.15, 0.2) is 0 Å². The largest absolute Gasteiger partial charge is 1.00 e. The van der Waals surface area contributed by atoms with Crippen molar-refractivity contribution in [3.63, 3.8) is 0 Å². The molecule has 0 rings (SSSR count). The Labute approximate surface area is 146 Å². The predicted molar refractivity (Wildman–Crippen MR) is 77.0 cm³/mol. The molecule has 0 radical (unpaired) electrons. The van der Waals surface area contributed by atoms with E-state index in [1.807, 2.05) is 6.92 Å². The molecule has 0 aliphatic rings. The Morgan fingerprint density at radius 1 is 0.900 bits per heavy atom. The molecule has 0 fully saturated rings. The van der Waals surface area contributed by atoms with Crippen molar-refractivity contribution in [1.82, 2.24) is 0 Å². The van der Waals surface area contributed by atoms with E-state index in [9.17, 15) is 18.1 Å². The van der Waals surface area contributed by atoms with E-state index >= 15 is 0 Å². The summed E-state index contributed by atoms with van der Waals surface area (Å²) in [5, 5.41) is 8.97. The van der Waals surface area contributed by atoms with Crippen LogP contribution in [0.1, 0.15) is 78.1 Å². The van der Waals surface area contributed by atoms with Crippen LogP contribution in [0.5, 0.6) is 0 Å². The first kappa shape index (κ1) is 23.1. The molecule has 0 aliphatic heterocycles. The summed E-state index contributed by atoms with van der Waals surface area (Å²) < 4.78 is 33.3. The summed E-state index contributed by atoms with van der Waals surface area (Å²) in [7, 11) is -4.22. The number of hydrogen-bond acceptors (Lipinski definition) is 4. The topological polar surface area (TPSA) is 77.4 Å². The van der Waals surface area contributed by atoms with Gasteiger partial charge in [0.05, 0.1) is 16.2 Å². The summed E-state index contributed by atoms with van der Waals surface area (Å²) in [5.41, 5.74) is 0. The summed E-state index contributed by atoms with van der Waals surface area (Å²) in [6.07, 6.45) is 7.40. The fraction of sp³-hybridized carbons (Fsp3) is 1.00. The van der Waals surface area contributed by atoms with Gasteiger partial charge in [0.2, 0.25) is 0 Å². The fourth-order valence-electron chi connectivity index (χ4n) is 2.19. The van der Waals surface area contributed by atoms with Crippen molar-refractivity contribution in [1.29, 1.82) is 0 Å². The number of aliphatic hydroxyl groups is 1. The molecule has 2 unspecified atom stereocenters. The third-order valence-electron chi connectivity index (χ3n) is 3.50. The van der Waals surface area contributed by atoms with Crippen LogP contribution in [-0.2, 0) is 10.1 Å². The summed E-state index contributed by atoms with van der Waals surface area (Å²) in [4.78, 5) is 0. The minimum absolute atomic E-state index is 0. The van der Waals surface area contributed by atoms with E-state index in [0.717, 1.165) is 32.1 Å². The molecule has 116 valence electrons. The second kappa shape index (κ2) is 13.5. The average molecular weight is 316 g/mol. The second-order valence-corrected chi connectivity index (χ2v) is 6.99. The molecule has 2 atom stereocenters. The van der Waals surface area contributed by atoms with Crippen LogP contribution in [0, 0.1) is 0 Å². The molecule has 6 heteroatoms. The monoisotopic (exact) mass is 316 g/mol. The molecule has 1 N–H and O–H groups in total. The zero-order valence-electron chi connectivity index (χ0n) is 13.3. The number of rotatable bonds is 12. The Kier molecular flexibility index (Phi) is 15.7. The number of unbranched alkanes of at least 4 members (excludes halogenated alkanes) is 4. The zero-order chi connectivity index (χ0) is 14.7. The van der Waals surface area contributed by atoms with E-state index in [-0.39, 0.29) is 29.6 Å². The molecule has 0 bridgehead atoms. The molecule has 0 aromatic heterocycles. The maximum absolute atomic E-state index is 11.1. The first-order chi connectivity index (χ1) is 8.91. The van der Waals surface area contributed by atoms with Gasteiger partial charge in [0.1, 0.15) is 0 Å². The Hall–Kier alpha value is 0.870. The summed E-state index contributed by atoms with van der Waals surface area (Å²) in [5.74, 6) is 0. The van der Waals surface area contributed by atoms with Gasteiger partial charge in [0.25, 0.3) is 0 Å². The van der Waals surface area contributed by atoms with Crippen LogP contribution in [0.2, 0.25) is 0 Å². The second-order valence-electron chi connectivity index (χ2n) is 5.34. The van der Waals surface area contributed by atoms with Gasteiger partial charge >= 0.3 is 29.6 Å². The minimum Gasteiger partial charge on any atom is -0.748 e. The van der Waals surface area contributed by atoms with E-state index in [0.29, 0.717) is 25.7 Å². The van der Waals surface area contributed by atoms with Crippen molar-refractivity contribution >= 4 is 10.1 Å². The minimum atomic E-state index is -4.22. The summed E-state index contributed by atoms with van der Waals surface area (Å²) in [6.45, 7) is 4.10. The standard InChI is InChI=1S/C14H30O4S.Na/c1-3-5-7-8-9-13(15)11-12-14(10-6-4-2)19(16,17)18;/h13-15H,3-12H2,1-2H3,(H,16,17,18);/q;+1/p-1. The van der Waals surface area contributed by atoms with Crippen LogP contribution in [0.3, 0.4) is 0 Å². The molecule has 0 heterocycles. The van der Waals surface area contributed by atoms with E-state index < -0.39 is 21.5 Å². The van der Waals surface area contributed by atoms with Crippen LogP contribution in [-0.4, -0.2) is 29.4 Å². The Morgan fingerprint density at radius 2 is 1.50 bits per heavy atom. The molecule has 0 amide bonds. The molecule has 0 aromatic rings. The van der Waals surface area contributed by atoms with Gasteiger partial charge in [-0.05, 0) is 25.7 Å². The predicted octanol–water partition coefficient (Wildman–Crippen LogP) is 0.206. The SMILES string of the molecule is CCCCCCC(O)CCC(CCCC)S(=O)(=O)[O-].[Na+]. The first-order valence-corrected chi connectivity index (χ1v) is 9.01. The maximum Gasteiger partial charge on any atom is 1.00 e. The Balaban J connectivity index is 0. The van der Waals surface area contributed by atoms with Gasteiger partial charge in [-0.1, -0.05) is 52.4 Å². The van der Waals surface area contributed by atoms with E-state index in [1.165, 1.54) is 6.42 Å². The Bertz CT molecular complexity index is 306. The molecule has 4 nitrogen and oxygen atoms in total. The maximum atomic E-state index is 11.1. The first-order valence-electron chi connectivity index (χ1n) is 7.54. The normalized spacial score (nSPS) is 14.6. The van der Waals surface area contributed by atoms with Crippen molar-refractivity contribution in [2.75, 3.05) is 0 Å². The third-order valence-corrected chi connectivity index (χ3v) is 4.79. The quantitative estimate of drug-likeness (QED) is 0.317. The van der Waals surface area contributed by atoms with Gasteiger partial charge in [-0.15, -0.1) is 0 Å². The number of hydrogen-bond donors (Lipinski definition) is 1. The van der Waals surface area contributed by atoms with Crippen LogP contribution >= 0.6 is 0 Å². The van der Waals surface area contributed by atoms with E-state index in [4.69, 9.17) is 0 Å². The van der Waals surface area contributed by atoms with Crippen LogP contribution < -0.4 is 29.6 Å². The summed E-state index contributed by atoms with van der Waals surface area (Å²) in [6, 6.07) is 0. The van der Waals surface area contributed by atoms with Gasteiger partial charge in [-0.25, -0.2) is 8.42 Å². The van der Waals surface area contributed by atoms with Crippen LogP contribution in [0.4, 0.5) is 0 Å². The van der Waals surface area contributed by atoms with E-state index in [2.05, 4.69) is 6.92 Å². The van der Waals surface area contributed by atoms with E-state index in [1.54, 1.807) is 0 Å². The van der Waals surface area contributed by atoms with Crippen molar-refractivity contribution in [2.24, 2.45) is 0 Å². The average Bonchev–Trinajstić information content (AvgIpc) is 2.33. The number of aliphatic hydroxyl groups excluding tert-OH is 1. The molecule has 0 spiro atoms. The van der Waals surface area contributed by atoms with Gasteiger partial charge in [-0.2, -0.15) is 0 Å². The van der Waals surface area contributed by atoms with Gasteiger partial charge in [-0.3, -0.25) is 0 Å². The summed E-state index contributed by atoms with van der Waals surface area (Å²) >= 11 is 0. The molecule has 0 aliphatic carbocycles.